The van der Waals surface area contributed by atoms with Crippen molar-refractivity contribution in [2.24, 2.45) is 11.8 Å². The zero-order valence-electron chi connectivity index (χ0n) is 23.5. The lowest BCUT2D eigenvalue weighted by molar-refractivity contribution is -0.130. The highest BCUT2D eigenvalue weighted by Gasteiger charge is 2.30. The van der Waals surface area contributed by atoms with E-state index in [-0.39, 0.29) is 23.7 Å². The maximum absolute atomic E-state index is 13.5. The molecular formula is C31H34N8O4. The van der Waals surface area contributed by atoms with Crippen LogP contribution in [0.4, 0.5) is 16.2 Å². The van der Waals surface area contributed by atoms with Crippen LogP contribution in [0.2, 0.25) is 0 Å². The van der Waals surface area contributed by atoms with Crippen LogP contribution in [0.3, 0.4) is 0 Å². The lowest BCUT2D eigenvalue weighted by Gasteiger charge is -2.29. The fourth-order valence-electron chi connectivity index (χ4n) is 5.39. The van der Waals surface area contributed by atoms with Crippen LogP contribution < -0.4 is 21.7 Å². The number of nitrogens with one attached hydrogen (secondary N) is 4. The van der Waals surface area contributed by atoms with Crippen molar-refractivity contribution >= 4 is 29.3 Å². The monoisotopic (exact) mass is 582 g/mol. The molecule has 0 aliphatic heterocycles. The van der Waals surface area contributed by atoms with E-state index >= 15 is 0 Å². The van der Waals surface area contributed by atoms with Crippen LogP contribution in [0.25, 0.3) is 22.5 Å². The van der Waals surface area contributed by atoms with Gasteiger partial charge in [-0.05, 0) is 78.3 Å². The zero-order chi connectivity index (χ0) is 30.2. The van der Waals surface area contributed by atoms with Gasteiger partial charge in [0.05, 0.1) is 0 Å². The molecule has 4 aromatic rings. The van der Waals surface area contributed by atoms with Gasteiger partial charge in [0.1, 0.15) is 6.04 Å². The van der Waals surface area contributed by atoms with E-state index in [1.165, 1.54) is 0 Å². The topological polar surface area (TPSA) is 188 Å². The van der Waals surface area contributed by atoms with Crippen LogP contribution in [0.1, 0.15) is 31.2 Å². The standard InChI is InChI=1S/C31H34N8O4/c32-26-4-2-1-3-25(26)21-9-5-19(6-10-21)17-27(35-29(40)23-11-7-20(8-12-23)18-33-31(42)43)30(41)34-24-15-13-22(14-16-24)28-36-38-39-37-28/h1-6,9-10,13-16,20,23,27,33H,7-8,11-12,17-18,32H2,(H,34,41)(H,35,40)(H,42,43)(H,36,37,38,39)/t20?,23?,27-/m0/s1. The van der Waals surface area contributed by atoms with Crippen LogP contribution in [0, 0.1) is 11.8 Å². The Hall–Kier alpha value is -5.26. The molecule has 0 radical (unpaired) electrons. The van der Waals surface area contributed by atoms with E-state index in [4.69, 9.17) is 10.8 Å². The van der Waals surface area contributed by atoms with Crippen molar-refractivity contribution in [2.45, 2.75) is 38.1 Å². The minimum atomic E-state index is -1.04. The lowest BCUT2D eigenvalue weighted by atomic mass is 9.81. The zero-order valence-corrected chi connectivity index (χ0v) is 23.5. The highest BCUT2D eigenvalue weighted by atomic mass is 16.4. The van der Waals surface area contributed by atoms with Crippen molar-refractivity contribution in [3.8, 4) is 22.5 Å². The molecule has 3 amide bonds. The largest absolute Gasteiger partial charge is 0.465 e. The number of amides is 3. The number of H-pyrrole nitrogens is 1. The number of aromatic nitrogens is 4. The number of hydrogen-bond acceptors (Lipinski definition) is 7. The van der Waals surface area contributed by atoms with Crippen LogP contribution in [0.5, 0.6) is 0 Å². The third-order valence-corrected chi connectivity index (χ3v) is 7.81. The molecule has 43 heavy (non-hydrogen) atoms. The molecule has 12 nitrogen and oxygen atoms in total. The van der Waals surface area contributed by atoms with Gasteiger partial charge in [0.15, 0.2) is 0 Å². The SMILES string of the molecule is Nc1ccccc1-c1ccc(C[C@H](NC(=O)C2CCC(CNC(=O)O)CC2)C(=O)Nc2ccc(-c3nn[nH]n3)cc2)cc1. The number of carboxylic acid groups (broad SMARTS) is 1. The fourth-order valence-corrected chi connectivity index (χ4v) is 5.39. The van der Waals surface area contributed by atoms with Crippen molar-refractivity contribution in [1.82, 2.24) is 31.3 Å². The summed E-state index contributed by atoms with van der Waals surface area (Å²) in [5, 5.41) is 31.1. The molecule has 1 heterocycles. The number of carbonyl (C=O) groups is 3. The Bertz CT molecular complexity index is 1530. The number of anilines is 2. The number of nitrogens with zero attached hydrogens (tertiary/aromatic N) is 3. The number of tetrazole rings is 1. The van der Waals surface area contributed by atoms with Crippen LogP contribution in [-0.4, -0.2) is 56.2 Å². The highest BCUT2D eigenvalue weighted by molar-refractivity contribution is 5.97. The first kappa shape index (κ1) is 29.2. The summed E-state index contributed by atoms with van der Waals surface area (Å²) in [5.41, 5.74) is 10.9. The van der Waals surface area contributed by atoms with Crippen molar-refractivity contribution in [1.29, 1.82) is 0 Å². The first-order valence-corrected chi connectivity index (χ1v) is 14.2. The molecule has 1 fully saturated rings. The molecule has 1 aromatic heterocycles. The molecular weight excluding hydrogens is 548 g/mol. The van der Waals surface area contributed by atoms with Crippen LogP contribution in [-0.2, 0) is 16.0 Å². The molecule has 12 heteroatoms. The second kappa shape index (κ2) is 13.6. The molecule has 0 bridgehead atoms. The van der Waals surface area contributed by atoms with E-state index in [0.717, 1.165) is 35.1 Å². The molecule has 3 aromatic carbocycles. The molecule has 7 N–H and O–H groups in total. The molecule has 0 spiro atoms. The number of aromatic amines is 1. The smallest absolute Gasteiger partial charge is 0.404 e. The summed E-state index contributed by atoms with van der Waals surface area (Å²) >= 11 is 0. The van der Waals surface area contributed by atoms with Crippen molar-refractivity contribution in [2.75, 3.05) is 17.6 Å². The maximum atomic E-state index is 13.5. The fraction of sp³-hybridized carbons (Fsp3) is 0.290. The molecule has 0 unspecified atom stereocenters. The minimum absolute atomic E-state index is 0.175. The maximum Gasteiger partial charge on any atom is 0.404 e. The van der Waals surface area contributed by atoms with Gasteiger partial charge in [-0.1, -0.05) is 42.5 Å². The van der Waals surface area contributed by atoms with Gasteiger partial charge in [-0.3, -0.25) is 9.59 Å². The van der Waals surface area contributed by atoms with Gasteiger partial charge in [0.2, 0.25) is 17.6 Å². The first-order chi connectivity index (χ1) is 20.9. The van der Waals surface area contributed by atoms with Gasteiger partial charge in [0.25, 0.3) is 0 Å². The van der Waals surface area contributed by atoms with Gasteiger partial charge in [0, 0.05) is 41.4 Å². The van der Waals surface area contributed by atoms with Gasteiger partial charge in [-0.25, -0.2) is 4.79 Å². The Morgan fingerprint density at radius 3 is 2.28 bits per heavy atom. The van der Waals surface area contributed by atoms with Gasteiger partial charge in [-0.2, -0.15) is 5.21 Å². The summed E-state index contributed by atoms with van der Waals surface area (Å²) in [7, 11) is 0. The van der Waals surface area contributed by atoms with E-state index in [1.807, 2.05) is 48.5 Å². The number of nitrogens with two attached hydrogens (primary N) is 1. The van der Waals surface area contributed by atoms with E-state index in [9.17, 15) is 14.4 Å². The third-order valence-electron chi connectivity index (χ3n) is 7.81. The Morgan fingerprint density at radius 1 is 0.930 bits per heavy atom. The molecule has 1 saturated carbocycles. The number of hydrogen-bond donors (Lipinski definition) is 6. The number of benzene rings is 3. The molecule has 1 aliphatic carbocycles. The quantitative estimate of drug-likeness (QED) is 0.152. The second-order valence-electron chi connectivity index (χ2n) is 10.8. The first-order valence-electron chi connectivity index (χ1n) is 14.2. The summed E-state index contributed by atoms with van der Waals surface area (Å²) in [4.78, 5) is 37.7. The third kappa shape index (κ3) is 7.73. The van der Waals surface area contributed by atoms with Crippen molar-refractivity contribution < 1.29 is 19.5 Å². The summed E-state index contributed by atoms with van der Waals surface area (Å²) in [6, 6.07) is 21.6. The lowest BCUT2D eigenvalue weighted by Crippen LogP contribution is -2.48. The Balaban J connectivity index is 1.27. The number of para-hydroxylation sites is 1. The predicted octanol–water partition coefficient (Wildman–Crippen LogP) is 3.86. The predicted molar refractivity (Wildman–Crippen MR) is 162 cm³/mol. The Morgan fingerprint density at radius 2 is 1.63 bits per heavy atom. The minimum Gasteiger partial charge on any atom is -0.465 e. The summed E-state index contributed by atoms with van der Waals surface area (Å²) < 4.78 is 0. The molecule has 5 rings (SSSR count). The number of nitrogen functional groups attached to an aromatic ring is 1. The molecule has 1 atom stereocenters. The molecule has 0 saturated heterocycles. The average Bonchev–Trinajstić information content (AvgIpc) is 3.56. The number of carbonyl (C=O) groups excluding carboxylic acids is 2. The molecule has 222 valence electrons. The summed E-state index contributed by atoms with van der Waals surface area (Å²) in [5.74, 6) is -0.111. The summed E-state index contributed by atoms with van der Waals surface area (Å²) in [6.07, 6.45) is 2.01. The van der Waals surface area contributed by atoms with E-state index in [1.54, 1.807) is 24.3 Å². The normalized spacial score (nSPS) is 17.0. The number of rotatable bonds is 10. The Kier molecular flexibility index (Phi) is 9.25. The highest BCUT2D eigenvalue weighted by Crippen LogP contribution is 2.29. The average molecular weight is 583 g/mol. The van der Waals surface area contributed by atoms with E-state index in [0.29, 0.717) is 43.0 Å². The molecule has 1 aliphatic rings. The van der Waals surface area contributed by atoms with Crippen molar-refractivity contribution in [3.05, 3.63) is 78.4 Å². The summed E-state index contributed by atoms with van der Waals surface area (Å²) in [6.45, 7) is 0.380. The van der Waals surface area contributed by atoms with Crippen LogP contribution in [0.15, 0.2) is 72.8 Å². The van der Waals surface area contributed by atoms with Crippen molar-refractivity contribution in [3.63, 3.8) is 0 Å². The second-order valence-corrected chi connectivity index (χ2v) is 10.8. The van der Waals surface area contributed by atoms with Gasteiger partial charge >= 0.3 is 6.09 Å². The van der Waals surface area contributed by atoms with E-state index in [2.05, 4.69) is 36.6 Å². The van der Waals surface area contributed by atoms with Crippen LogP contribution >= 0.6 is 0 Å². The Labute approximate surface area is 248 Å². The van der Waals surface area contributed by atoms with Gasteiger partial charge < -0.3 is 26.8 Å². The van der Waals surface area contributed by atoms with E-state index < -0.39 is 12.1 Å². The van der Waals surface area contributed by atoms with Gasteiger partial charge in [-0.15, -0.1) is 10.2 Å².